The van der Waals surface area contributed by atoms with Crippen molar-refractivity contribution < 1.29 is 13.9 Å². The van der Waals surface area contributed by atoms with Crippen molar-refractivity contribution in [2.75, 3.05) is 5.32 Å². The number of amides is 1. The van der Waals surface area contributed by atoms with Crippen LogP contribution in [0.4, 0.5) is 10.1 Å². The summed E-state index contributed by atoms with van der Waals surface area (Å²) in [7, 11) is 0. The molecule has 3 nitrogen and oxygen atoms in total. The first-order chi connectivity index (χ1) is 9.95. The Hall–Kier alpha value is -1.88. The molecule has 0 saturated carbocycles. The summed E-state index contributed by atoms with van der Waals surface area (Å²) in [5, 5.41) is 2.73. The second-order valence-corrected chi connectivity index (χ2v) is 5.58. The zero-order chi connectivity index (χ0) is 15.4. The number of ether oxygens (including phenoxy) is 1. The van der Waals surface area contributed by atoms with Crippen LogP contribution in [0.25, 0.3) is 0 Å². The number of hydrogen-bond donors (Lipinski definition) is 1. The van der Waals surface area contributed by atoms with Crippen molar-refractivity contribution in [2.24, 2.45) is 0 Å². The third kappa shape index (κ3) is 4.29. The molecule has 1 amide bonds. The number of rotatable bonds is 4. The van der Waals surface area contributed by atoms with Gasteiger partial charge in [-0.1, -0.05) is 15.9 Å². The fraction of sp³-hybridized carbons (Fsp3) is 0.188. The van der Waals surface area contributed by atoms with Gasteiger partial charge in [0.25, 0.3) is 5.91 Å². The van der Waals surface area contributed by atoms with Crippen LogP contribution in [-0.2, 0) is 4.79 Å². The molecule has 0 aliphatic rings. The van der Waals surface area contributed by atoms with Gasteiger partial charge in [-0.3, -0.25) is 4.79 Å². The van der Waals surface area contributed by atoms with Crippen molar-refractivity contribution in [1.29, 1.82) is 0 Å². The Balaban J connectivity index is 2.00. The Morgan fingerprint density at radius 3 is 2.52 bits per heavy atom. The molecule has 2 aromatic carbocycles. The minimum atomic E-state index is -0.657. The van der Waals surface area contributed by atoms with Crippen molar-refractivity contribution in [3.8, 4) is 5.75 Å². The van der Waals surface area contributed by atoms with Crippen molar-refractivity contribution in [3.63, 3.8) is 0 Å². The highest BCUT2D eigenvalue weighted by Crippen LogP contribution is 2.19. The highest BCUT2D eigenvalue weighted by atomic mass is 79.9. The van der Waals surface area contributed by atoms with Crippen LogP contribution in [-0.4, -0.2) is 12.0 Å². The fourth-order valence-electron chi connectivity index (χ4n) is 1.77. The van der Waals surface area contributed by atoms with E-state index in [9.17, 15) is 9.18 Å². The van der Waals surface area contributed by atoms with Crippen LogP contribution in [0.3, 0.4) is 0 Å². The zero-order valence-electron chi connectivity index (χ0n) is 11.7. The summed E-state index contributed by atoms with van der Waals surface area (Å²) in [4.78, 5) is 12.1. The first-order valence-electron chi connectivity index (χ1n) is 6.45. The lowest BCUT2D eigenvalue weighted by molar-refractivity contribution is -0.122. The van der Waals surface area contributed by atoms with E-state index in [-0.39, 0.29) is 11.7 Å². The average molecular weight is 352 g/mol. The molecule has 110 valence electrons. The molecule has 1 unspecified atom stereocenters. The molecule has 0 radical (unpaired) electrons. The van der Waals surface area contributed by atoms with Gasteiger partial charge >= 0.3 is 0 Å². The summed E-state index contributed by atoms with van der Waals surface area (Å²) in [5.74, 6) is -0.00559. The number of halogens is 2. The number of carbonyl (C=O) groups is 1. The quantitative estimate of drug-likeness (QED) is 0.891. The molecule has 1 atom stereocenters. The van der Waals surface area contributed by atoms with Gasteiger partial charge in [0.05, 0.1) is 0 Å². The summed E-state index contributed by atoms with van der Waals surface area (Å²) in [5.41, 5.74) is 1.24. The Kier molecular flexibility index (Phi) is 4.96. The van der Waals surface area contributed by atoms with Crippen molar-refractivity contribution in [2.45, 2.75) is 20.0 Å². The highest BCUT2D eigenvalue weighted by Gasteiger charge is 2.15. The zero-order valence-corrected chi connectivity index (χ0v) is 13.3. The molecule has 0 heterocycles. The smallest absolute Gasteiger partial charge is 0.265 e. The molecule has 0 aliphatic carbocycles. The Morgan fingerprint density at radius 2 is 1.90 bits per heavy atom. The van der Waals surface area contributed by atoms with Gasteiger partial charge in [0.15, 0.2) is 6.10 Å². The fourth-order valence-corrected chi connectivity index (χ4v) is 2.04. The number of hydrogen-bond acceptors (Lipinski definition) is 2. The summed E-state index contributed by atoms with van der Waals surface area (Å²) >= 11 is 3.33. The standard InChI is InChI=1S/C16H15BrFNO2/c1-10-9-13(18)5-8-15(10)19-16(20)11(2)21-14-6-3-12(17)4-7-14/h3-9,11H,1-2H3,(H,19,20). The van der Waals surface area contributed by atoms with Gasteiger partial charge < -0.3 is 10.1 Å². The van der Waals surface area contributed by atoms with Crippen LogP contribution in [0, 0.1) is 12.7 Å². The maximum Gasteiger partial charge on any atom is 0.265 e. The number of carbonyl (C=O) groups excluding carboxylic acids is 1. The SMILES string of the molecule is Cc1cc(F)ccc1NC(=O)C(C)Oc1ccc(Br)cc1. The lowest BCUT2D eigenvalue weighted by Gasteiger charge is -2.15. The van der Waals surface area contributed by atoms with E-state index >= 15 is 0 Å². The Bertz CT molecular complexity index is 643. The van der Waals surface area contributed by atoms with Gasteiger partial charge in [-0.2, -0.15) is 0 Å². The number of aryl methyl sites for hydroxylation is 1. The molecule has 5 heteroatoms. The van der Waals surface area contributed by atoms with E-state index in [1.165, 1.54) is 18.2 Å². The molecule has 21 heavy (non-hydrogen) atoms. The number of benzene rings is 2. The molecule has 1 N–H and O–H groups in total. The van der Waals surface area contributed by atoms with Crippen LogP contribution < -0.4 is 10.1 Å². The monoisotopic (exact) mass is 351 g/mol. The molecular formula is C16H15BrFNO2. The second kappa shape index (κ2) is 6.72. The molecule has 2 aromatic rings. The van der Waals surface area contributed by atoms with E-state index in [1.54, 1.807) is 26.0 Å². The molecule has 0 aliphatic heterocycles. The van der Waals surface area contributed by atoms with Crippen molar-refractivity contribution in [1.82, 2.24) is 0 Å². The third-order valence-electron chi connectivity index (χ3n) is 2.94. The minimum absolute atomic E-state index is 0.285. The predicted molar refractivity (Wildman–Crippen MR) is 84.0 cm³/mol. The molecular weight excluding hydrogens is 337 g/mol. The third-order valence-corrected chi connectivity index (χ3v) is 3.47. The van der Waals surface area contributed by atoms with Crippen LogP contribution >= 0.6 is 15.9 Å². The van der Waals surface area contributed by atoms with Crippen molar-refractivity contribution in [3.05, 3.63) is 58.3 Å². The molecule has 2 rings (SSSR count). The minimum Gasteiger partial charge on any atom is -0.481 e. The molecule has 0 bridgehead atoms. The first kappa shape index (κ1) is 15.5. The van der Waals surface area contributed by atoms with Crippen molar-refractivity contribution >= 4 is 27.5 Å². The second-order valence-electron chi connectivity index (χ2n) is 4.66. The van der Waals surface area contributed by atoms with Crippen LogP contribution in [0.2, 0.25) is 0 Å². The van der Waals surface area contributed by atoms with Crippen LogP contribution in [0.1, 0.15) is 12.5 Å². The summed E-state index contributed by atoms with van der Waals surface area (Å²) in [6.07, 6.45) is -0.657. The number of nitrogens with one attached hydrogen (secondary N) is 1. The van der Waals surface area contributed by atoms with Crippen LogP contribution in [0.5, 0.6) is 5.75 Å². The maximum atomic E-state index is 13.0. The van der Waals surface area contributed by atoms with E-state index < -0.39 is 6.10 Å². The molecule has 0 spiro atoms. The maximum absolute atomic E-state index is 13.0. The topological polar surface area (TPSA) is 38.3 Å². The van der Waals surface area contributed by atoms with E-state index in [0.717, 1.165) is 4.47 Å². The molecule has 0 aromatic heterocycles. The Morgan fingerprint density at radius 1 is 1.24 bits per heavy atom. The van der Waals surface area contributed by atoms with E-state index in [1.807, 2.05) is 12.1 Å². The molecule has 0 fully saturated rings. The van der Waals surface area contributed by atoms with Gasteiger partial charge in [0.2, 0.25) is 0 Å². The lowest BCUT2D eigenvalue weighted by Crippen LogP contribution is -2.30. The highest BCUT2D eigenvalue weighted by molar-refractivity contribution is 9.10. The van der Waals surface area contributed by atoms with Gasteiger partial charge in [0.1, 0.15) is 11.6 Å². The lowest BCUT2D eigenvalue weighted by atomic mass is 10.2. The predicted octanol–water partition coefficient (Wildman–Crippen LogP) is 4.30. The first-order valence-corrected chi connectivity index (χ1v) is 7.24. The van der Waals surface area contributed by atoms with Gasteiger partial charge in [0, 0.05) is 10.2 Å². The van der Waals surface area contributed by atoms with Gasteiger partial charge in [-0.15, -0.1) is 0 Å². The number of anilines is 1. The Labute approximate surface area is 131 Å². The van der Waals surface area contributed by atoms with Gasteiger partial charge in [-0.05, 0) is 61.9 Å². The summed E-state index contributed by atoms with van der Waals surface area (Å²) in [6, 6.07) is 11.4. The largest absolute Gasteiger partial charge is 0.481 e. The normalized spacial score (nSPS) is 11.8. The average Bonchev–Trinajstić information content (AvgIpc) is 2.44. The summed E-state index contributed by atoms with van der Waals surface area (Å²) in [6.45, 7) is 3.40. The van der Waals surface area contributed by atoms with E-state index in [2.05, 4.69) is 21.2 Å². The van der Waals surface area contributed by atoms with Gasteiger partial charge in [-0.25, -0.2) is 4.39 Å². The summed E-state index contributed by atoms with van der Waals surface area (Å²) < 4.78 is 19.5. The van der Waals surface area contributed by atoms with E-state index in [0.29, 0.717) is 17.0 Å². The molecule has 0 saturated heterocycles. The van der Waals surface area contributed by atoms with E-state index in [4.69, 9.17) is 4.74 Å². The van der Waals surface area contributed by atoms with Crippen LogP contribution in [0.15, 0.2) is 46.9 Å².